The molecule has 0 unspecified atom stereocenters. The van der Waals surface area contributed by atoms with Gasteiger partial charge in [-0.2, -0.15) is 18.3 Å². The van der Waals surface area contributed by atoms with Gasteiger partial charge < -0.3 is 4.90 Å². The Labute approximate surface area is 149 Å². The molecule has 7 nitrogen and oxygen atoms in total. The number of aryl methyl sites for hydroxylation is 1. The van der Waals surface area contributed by atoms with Gasteiger partial charge in [0.1, 0.15) is 0 Å². The van der Waals surface area contributed by atoms with E-state index in [2.05, 4.69) is 10.4 Å². The standard InChI is InChI=1S/C15H21F3N4O3S/c16-15(17,18)6-9-22-7-2-12(20-22)19-13(23)21-8-5-14(3-1-4-14)26(24,25)11-10-21/h2,7H,1,3-6,8-11H2,(H,19,20,23). The van der Waals surface area contributed by atoms with Crippen LogP contribution in [-0.2, 0) is 16.4 Å². The molecule has 2 amide bonds. The molecule has 1 aliphatic carbocycles. The fourth-order valence-corrected chi connectivity index (χ4v) is 5.58. The molecule has 2 fully saturated rings. The predicted octanol–water partition coefficient (Wildman–Crippen LogP) is 2.41. The van der Waals surface area contributed by atoms with Crippen LogP contribution in [0.2, 0.25) is 0 Å². The van der Waals surface area contributed by atoms with Crippen molar-refractivity contribution in [3.8, 4) is 0 Å². The van der Waals surface area contributed by atoms with E-state index in [0.29, 0.717) is 25.8 Å². The number of anilines is 1. The summed E-state index contributed by atoms with van der Waals surface area (Å²) in [6, 6.07) is 0.925. The summed E-state index contributed by atoms with van der Waals surface area (Å²) in [7, 11) is -3.23. The molecule has 0 atom stereocenters. The second kappa shape index (κ2) is 6.75. The van der Waals surface area contributed by atoms with Crippen LogP contribution < -0.4 is 5.32 Å². The van der Waals surface area contributed by atoms with Gasteiger partial charge in [0.15, 0.2) is 15.7 Å². The van der Waals surface area contributed by atoms with E-state index in [0.717, 1.165) is 11.1 Å². The fourth-order valence-electron chi connectivity index (χ4n) is 3.37. The van der Waals surface area contributed by atoms with Crippen LogP contribution in [-0.4, -0.2) is 58.9 Å². The molecule has 11 heteroatoms. The Balaban J connectivity index is 1.58. The average molecular weight is 394 g/mol. The van der Waals surface area contributed by atoms with Gasteiger partial charge in [0.2, 0.25) is 0 Å². The van der Waals surface area contributed by atoms with Gasteiger partial charge in [-0.05, 0) is 19.3 Å². The second-order valence-corrected chi connectivity index (χ2v) is 9.36. The minimum atomic E-state index is -4.27. The number of carbonyl (C=O) groups excluding carboxylic acids is 1. The number of alkyl halides is 3. The minimum absolute atomic E-state index is 0.0690. The summed E-state index contributed by atoms with van der Waals surface area (Å²) in [5.41, 5.74) is 0. The number of nitrogens with one attached hydrogen (secondary N) is 1. The van der Waals surface area contributed by atoms with Crippen LogP contribution in [0.1, 0.15) is 32.1 Å². The quantitative estimate of drug-likeness (QED) is 0.853. The van der Waals surface area contributed by atoms with E-state index in [9.17, 15) is 26.4 Å². The first-order valence-corrected chi connectivity index (χ1v) is 10.1. The molecule has 1 aliphatic heterocycles. The molecular weight excluding hydrogens is 373 g/mol. The van der Waals surface area contributed by atoms with Crippen molar-refractivity contribution in [3.05, 3.63) is 12.3 Å². The lowest BCUT2D eigenvalue weighted by atomic mass is 9.81. The number of nitrogens with zero attached hydrogens (tertiary/aromatic N) is 3. The summed E-state index contributed by atoms with van der Waals surface area (Å²) >= 11 is 0. The number of sulfone groups is 1. The van der Waals surface area contributed by atoms with Crippen LogP contribution in [0.5, 0.6) is 0 Å². The molecule has 0 aromatic carbocycles. The van der Waals surface area contributed by atoms with E-state index in [1.165, 1.54) is 17.2 Å². The van der Waals surface area contributed by atoms with Crippen molar-refractivity contribution in [3.63, 3.8) is 0 Å². The predicted molar refractivity (Wildman–Crippen MR) is 88.5 cm³/mol. The Morgan fingerprint density at radius 3 is 2.62 bits per heavy atom. The summed E-state index contributed by atoms with van der Waals surface area (Å²) in [5.74, 6) is 0.0723. The van der Waals surface area contributed by atoms with Crippen molar-refractivity contribution in [2.45, 2.75) is 49.6 Å². The molecule has 1 aromatic heterocycles. The molecule has 146 valence electrons. The Hall–Kier alpha value is -1.78. The molecule has 1 spiro atoms. The normalized spacial score (nSPS) is 21.9. The molecule has 1 saturated carbocycles. The third kappa shape index (κ3) is 3.97. The highest BCUT2D eigenvalue weighted by Gasteiger charge is 2.49. The third-order valence-electron chi connectivity index (χ3n) is 5.18. The maximum atomic E-state index is 12.4. The minimum Gasteiger partial charge on any atom is -0.323 e. The molecule has 1 N–H and O–H groups in total. The van der Waals surface area contributed by atoms with Crippen LogP contribution in [0.4, 0.5) is 23.8 Å². The van der Waals surface area contributed by atoms with Crippen molar-refractivity contribution >= 4 is 21.7 Å². The van der Waals surface area contributed by atoms with Crippen LogP contribution in [0.25, 0.3) is 0 Å². The van der Waals surface area contributed by atoms with E-state index < -0.39 is 33.2 Å². The topological polar surface area (TPSA) is 84.3 Å². The van der Waals surface area contributed by atoms with Gasteiger partial charge in [0, 0.05) is 31.9 Å². The van der Waals surface area contributed by atoms with Crippen molar-refractivity contribution in [1.29, 1.82) is 0 Å². The molecule has 1 saturated heterocycles. The molecular formula is C15H21F3N4O3S. The zero-order chi connectivity index (χ0) is 19.0. The number of hydrogen-bond acceptors (Lipinski definition) is 4. The Morgan fingerprint density at radius 1 is 1.27 bits per heavy atom. The Morgan fingerprint density at radius 2 is 2.00 bits per heavy atom. The van der Waals surface area contributed by atoms with E-state index in [-0.39, 0.29) is 24.7 Å². The highest BCUT2D eigenvalue weighted by atomic mass is 32.2. The molecule has 0 bridgehead atoms. The highest BCUT2D eigenvalue weighted by Crippen LogP contribution is 2.43. The smallest absolute Gasteiger partial charge is 0.323 e. The molecule has 26 heavy (non-hydrogen) atoms. The average Bonchev–Trinajstić information content (AvgIpc) is 2.87. The Bertz CT molecular complexity index is 771. The number of carbonyl (C=O) groups is 1. The van der Waals surface area contributed by atoms with Gasteiger partial charge >= 0.3 is 12.2 Å². The zero-order valence-electron chi connectivity index (χ0n) is 14.1. The highest BCUT2D eigenvalue weighted by molar-refractivity contribution is 7.92. The molecule has 2 aliphatic rings. The number of rotatable bonds is 3. The fraction of sp³-hybridized carbons (Fsp3) is 0.733. The summed E-state index contributed by atoms with van der Waals surface area (Å²) in [4.78, 5) is 13.8. The van der Waals surface area contributed by atoms with E-state index in [4.69, 9.17) is 0 Å². The van der Waals surface area contributed by atoms with Gasteiger partial charge in [-0.1, -0.05) is 6.42 Å². The third-order valence-corrected chi connectivity index (χ3v) is 7.83. The van der Waals surface area contributed by atoms with Gasteiger partial charge in [-0.15, -0.1) is 0 Å². The number of aromatic nitrogens is 2. The summed E-state index contributed by atoms with van der Waals surface area (Å²) in [6.45, 7) is 0.106. The SMILES string of the molecule is O=C(Nc1ccn(CCC(F)(F)F)n1)N1CCC2(CCC2)S(=O)(=O)CC1. The molecule has 2 heterocycles. The maximum Gasteiger partial charge on any atom is 0.390 e. The van der Waals surface area contributed by atoms with E-state index in [1.807, 2.05) is 0 Å². The van der Waals surface area contributed by atoms with Crippen molar-refractivity contribution in [2.24, 2.45) is 0 Å². The lowest BCUT2D eigenvalue weighted by Crippen LogP contribution is -2.46. The largest absolute Gasteiger partial charge is 0.390 e. The monoisotopic (exact) mass is 394 g/mol. The van der Waals surface area contributed by atoms with Gasteiger partial charge in [0.05, 0.1) is 16.9 Å². The summed E-state index contributed by atoms with van der Waals surface area (Å²) in [5, 5.41) is 6.42. The Kier molecular flexibility index (Phi) is 4.93. The first-order chi connectivity index (χ1) is 12.1. The second-order valence-electron chi connectivity index (χ2n) is 6.85. The van der Waals surface area contributed by atoms with Crippen molar-refractivity contribution in [1.82, 2.24) is 14.7 Å². The van der Waals surface area contributed by atoms with Crippen LogP contribution in [0, 0.1) is 0 Å². The van der Waals surface area contributed by atoms with Gasteiger partial charge in [-0.25, -0.2) is 13.2 Å². The van der Waals surface area contributed by atoms with Crippen LogP contribution >= 0.6 is 0 Å². The molecule has 1 aromatic rings. The zero-order valence-corrected chi connectivity index (χ0v) is 14.9. The first-order valence-electron chi connectivity index (χ1n) is 8.49. The first kappa shape index (κ1) is 19.0. The van der Waals surface area contributed by atoms with Crippen molar-refractivity contribution < 1.29 is 26.4 Å². The lowest BCUT2D eigenvalue weighted by molar-refractivity contribution is -0.137. The summed E-state index contributed by atoms with van der Waals surface area (Å²) in [6.07, 6.45) is -1.32. The molecule has 0 radical (unpaired) electrons. The number of urea groups is 1. The van der Waals surface area contributed by atoms with Crippen LogP contribution in [0.3, 0.4) is 0 Å². The maximum absolute atomic E-state index is 12.4. The van der Waals surface area contributed by atoms with Gasteiger partial charge in [0.25, 0.3) is 0 Å². The lowest BCUT2D eigenvalue weighted by Gasteiger charge is -2.39. The number of hydrogen-bond donors (Lipinski definition) is 1. The van der Waals surface area contributed by atoms with Crippen LogP contribution in [0.15, 0.2) is 12.3 Å². The molecule has 3 rings (SSSR count). The van der Waals surface area contributed by atoms with Crippen molar-refractivity contribution in [2.75, 3.05) is 24.2 Å². The van der Waals surface area contributed by atoms with E-state index in [1.54, 1.807) is 0 Å². The van der Waals surface area contributed by atoms with E-state index >= 15 is 0 Å². The summed E-state index contributed by atoms with van der Waals surface area (Å²) < 4.78 is 62.0. The number of halogens is 3. The van der Waals surface area contributed by atoms with Gasteiger partial charge in [-0.3, -0.25) is 10.00 Å². The number of amides is 2.